The molecule has 0 aromatic heterocycles. The maximum atomic E-state index is 13.9. The van der Waals surface area contributed by atoms with Crippen molar-refractivity contribution in [2.75, 3.05) is 36.1 Å². The molecule has 0 radical (unpaired) electrons. The summed E-state index contributed by atoms with van der Waals surface area (Å²) in [7, 11) is 0. The minimum atomic E-state index is -0.546. The summed E-state index contributed by atoms with van der Waals surface area (Å²) >= 11 is 0. The van der Waals surface area contributed by atoms with E-state index in [1.807, 2.05) is 41.3 Å². The first kappa shape index (κ1) is 20.5. The van der Waals surface area contributed by atoms with Crippen LogP contribution in [0.3, 0.4) is 0 Å². The molecule has 2 aliphatic heterocycles. The third kappa shape index (κ3) is 3.99. The van der Waals surface area contributed by atoms with Gasteiger partial charge in [-0.3, -0.25) is 14.6 Å². The van der Waals surface area contributed by atoms with Gasteiger partial charge in [-0.2, -0.15) is 10.4 Å². The molecular formula is C23H22FN5O2. The van der Waals surface area contributed by atoms with E-state index < -0.39 is 11.9 Å². The number of benzene rings is 2. The Balaban J connectivity index is 1.47. The van der Waals surface area contributed by atoms with Crippen LogP contribution < -0.4 is 9.91 Å². The lowest BCUT2D eigenvalue weighted by atomic mass is 10.1. The number of hydrogen-bond donors (Lipinski definition) is 0. The van der Waals surface area contributed by atoms with Gasteiger partial charge in [0.1, 0.15) is 29.2 Å². The molecule has 2 aliphatic rings. The molecule has 1 fully saturated rings. The molecule has 7 nitrogen and oxygen atoms in total. The van der Waals surface area contributed by atoms with Crippen LogP contribution >= 0.6 is 0 Å². The highest BCUT2D eigenvalue weighted by molar-refractivity contribution is 6.40. The van der Waals surface area contributed by atoms with Crippen LogP contribution in [0.1, 0.15) is 18.9 Å². The van der Waals surface area contributed by atoms with Crippen molar-refractivity contribution in [1.29, 1.82) is 5.26 Å². The summed E-state index contributed by atoms with van der Waals surface area (Å²) in [6, 6.07) is 15.3. The maximum absolute atomic E-state index is 13.9. The van der Waals surface area contributed by atoms with Crippen LogP contribution in [0.2, 0.25) is 0 Å². The van der Waals surface area contributed by atoms with E-state index >= 15 is 0 Å². The zero-order valence-corrected chi connectivity index (χ0v) is 17.2. The Bertz CT molecular complexity index is 1070. The molecular weight excluding hydrogens is 397 g/mol. The number of para-hydroxylation sites is 1. The predicted octanol–water partition coefficient (Wildman–Crippen LogP) is 2.57. The molecule has 8 heteroatoms. The highest BCUT2D eigenvalue weighted by Crippen LogP contribution is 2.27. The summed E-state index contributed by atoms with van der Waals surface area (Å²) in [5.41, 5.74) is 1.69. The molecule has 1 saturated heterocycles. The third-order valence-corrected chi connectivity index (χ3v) is 5.66. The molecule has 0 N–H and O–H groups in total. The Hall–Kier alpha value is -3.73. The topological polar surface area (TPSA) is 80.0 Å². The van der Waals surface area contributed by atoms with Crippen molar-refractivity contribution in [2.24, 2.45) is 5.10 Å². The van der Waals surface area contributed by atoms with Crippen LogP contribution in [-0.2, 0) is 9.59 Å². The van der Waals surface area contributed by atoms with Gasteiger partial charge in [0.05, 0.1) is 11.4 Å². The smallest absolute Gasteiger partial charge is 0.270 e. The van der Waals surface area contributed by atoms with E-state index in [1.165, 1.54) is 13.0 Å². The Kier molecular flexibility index (Phi) is 5.67. The number of nitrogens with zero attached hydrogens (tertiary/aromatic N) is 5. The van der Waals surface area contributed by atoms with Gasteiger partial charge in [-0.05, 0) is 31.2 Å². The van der Waals surface area contributed by atoms with Crippen LogP contribution in [0.4, 0.5) is 15.8 Å². The summed E-state index contributed by atoms with van der Waals surface area (Å²) in [5, 5.41) is 15.4. The van der Waals surface area contributed by atoms with Crippen LogP contribution in [0.5, 0.6) is 0 Å². The second-order valence-corrected chi connectivity index (χ2v) is 7.58. The molecule has 2 aromatic carbocycles. The molecule has 31 heavy (non-hydrogen) atoms. The molecule has 2 heterocycles. The lowest BCUT2D eigenvalue weighted by molar-refractivity contribution is -0.124. The summed E-state index contributed by atoms with van der Waals surface area (Å²) < 4.78 is 13.9. The zero-order valence-electron chi connectivity index (χ0n) is 17.2. The number of rotatable bonds is 4. The van der Waals surface area contributed by atoms with E-state index in [-0.39, 0.29) is 23.7 Å². The molecule has 0 bridgehead atoms. The van der Waals surface area contributed by atoms with Gasteiger partial charge >= 0.3 is 0 Å². The fraction of sp³-hybridized carbons (Fsp3) is 0.304. The van der Waals surface area contributed by atoms with Crippen LogP contribution in [-0.4, -0.2) is 54.5 Å². The molecule has 1 atom stereocenters. The summed E-state index contributed by atoms with van der Waals surface area (Å²) in [6.45, 7) is 3.32. The first-order chi connectivity index (χ1) is 15.0. The largest absolute Gasteiger partial charge is 0.367 e. The second-order valence-electron chi connectivity index (χ2n) is 7.58. The van der Waals surface area contributed by atoms with E-state index in [4.69, 9.17) is 0 Å². The van der Waals surface area contributed by atoms with Crippen molar-refractivity contribution in [3.05, 3.63) is 59.9 Å². The number of Topliss-reactive ketones (excluding diaryl/α,β-unsaturated/α-hetero) is 1. The quantitative estimate of drug-likeness (QED) is 0.761. The lowest BCUT2D eigenvalue weighted by Crippen LogP contribution is -2.50. The van der Waals surface area contributed by atoms with Gasteiger partial charge in [0.2, 0.25) is 0 Å². The average molecular weight is 419 g/mol. The van der Waals surface area contributed by atoms with Crippen LogP contribution in [0, 0.1) is 17.1 Å². The molecule has 158 valence electrons. The first-order valence-electron chi connectivity index (χ1n) is 10.1. The average Bonchev–Trinajstić information content (AvgIpc) is 3.25. The van der Waals surface area contributed by atoms with Gasteiger partial charge in [0.25, 0.3) is 5.91 Å². The van der Waals surface area contributed by atoms with Gasteiger partial charge in [0.15, 0.2) is 5.78 Å². The van der Waals surface area contributed by atoms with Crippen molar-refractivity contribution in [3.63, 3.8) is 0 Å². The zero-order chi connectivity index (χ0) is 22.0. The number of carbonyl (C=O) groups is 2. The Morgan fingerprint density at radius 3 is 2.42 bits per heavy atom. The van der Waals surface area contributed by atoms with E-state index in [1.54, 1.807) is 22.0 Å². The van der Waals surface area contributed by atoms with Gasteiger partial charge in [-0.1, -0.05) is 24.3 Å². The maximum Gasteiger partial charge on any atom is 0.270 e. The Morgan fingerprint density at radius 1 is 1.06 bits per heavy atom. The highest BCUT2D eigenvalue weighted by atomic mass is 19.1. The second kappa shape index (κ2) is 8.56. The van der Waals surface area contributed by atoms with Gasteiger partial charge in [0, 0.05) is 32.6 Å². The van der Waals surface area contributed by atoms with Gasteiger partial charge in [-0.25, -0.2) is 4.39 Å². The fourth-order valence-corrected chi connectivity index (χ4v) is 3.99. The number of ketones is 1. The number of hydrazone groups is 1. The van der Waals surface area contributed by atoms with Crippen molar-refractivity contribution in [2.45, 2.75) is 19.4 Å². The third-order valence-electron chi connectivity index (χ3n) is 5.66. The number of halogens is 1. The standard InChI is InChI=1S/C23H22FN5O2/c1-16(30)22-14-20(26-29(22)17-6-3-2-4-7-17)23(31)28-12-10-27(11-13-28)21-9-5-8-19(24)18(21)15-25/h2-9,22H,10-14H2,1H3. The van der Waals surface area contributed by atoms with E-state index in [0.29, 0.717) is 37.6 Å². The van der Waals surface area contributed by atoms with Crippen molar-refractivity contribution >= 4 is 28.8 Å². The van der Waals surface area contributed by atoms with E-state index in [0.717, 1.165) is 5.69 Å². The van der Waals surface area contributed by atoms with Crippen molar-refractivity contribution in [1.82, 2.24) is 4.90 Å². The number of amides is 1. The molecule has 0 spiro atoms. The molecule has 1 amide bonds. The summed E-state index contributed by atoms with van der Waals surface area (Å²) in [4.78, 5) is 28.9. The minimum Gasteiger partial charge on any atom is -0.367 e. The molecule has 0 saturated carbocycles. The van der Waals surface area contributed by atoms with Gasteiger partial charge in [-0.15, -0.1) is 0 Å². The predicted molar refractivity (Wildman–Crippen MR) is 115 cm³/mol. The molecule has 1 unspecified atom stereocenters. The fourth-order valence-electron chi connectivity index (χ4n) is 3.99. The Morgan fingerprint density at radius 2 is 1.77 bits per heavy atom. The number of carbonyl (C=O) groups excluding carboxylic acids is 2. The first-order valence-corrected chi connectivity index (χ1v) is 10.1. The molecule has 0 aliphatic carbocycles. The normalized spacial score (nSPS) is 18.5. The monoisotopic (exact) mass is 419 g/mol. The molecule has 4 rings (SSSR count). The highest BCUT2D eigenvalue weighted by Gasteiger charge is 2.36. The summed E-state index contributed by atoms with van der Waals surface area (Å²) in [5.74, 6) is -0.783. The summed E-state index contributed by atoms with van der Waals surface area (Å²) in [6.07, 6.45) is 0.270. The molecule has 2 aromatic rings. The Labute approximate surface area is 180 Å². The number of piperazine rings is 1. The van der Waals surface area contributed by atoms with E-state index in [2.05, 4.69) is 5.10 Å². The SMILES string of the molecule is CC(=O)C1CC(C(=O)N2CCN(c3cccc(F)c3C#N)CC2)=NN1c1ccccc1. The minimum absolute atomic E-state index is 0.0187. The van der Waals surface area contributed by atoms with Crippen LogP contribution in [0.25, 0.3) is 0 Å². The van der Waals surface area contributed by atoms with Crippen molar-refractivity contribution < 1.29 is 14.0 Å². The van der Waals surface area contributed by atoms with E-state index in [9.17, 15) is 19.2 Å². The lowest BCUT2D eigenvalue weighted by Gasteiger charge is -2.36. The number of anilines is 2. The number of hydrogen-bond acceptors (Lipinski definition) is 6. The van der Waals surface area contributed by atoms with Gasteiger partial charge < -0.3 is 9.80 Å². The van der Waals surface area contributed by atoms with Crippen LogP contribution in [0.15, 0.2) is 53.6 Å². The number of nitriles is 1. The van der Waals surface area contributed by atoms with Crippen molar-refractivity contribution in [3.8, 4) is 6.07 Å².